The largest absolute Gasteiger partial charge is 0.271 e. The maximum atomic E-state index is 6.08. The van der Waals surface area contributed by atoms with E-state index < -0.39 is 0 Å². The van der Waals surface area contributed by atoms with E-state index in [4.69, 9.17) is 11.8 Å². The molecule has 17 heavy (non-hydrogen) atoms. The Labute approximate surface area is 106 Å². The van der Waals surface area contributed by atoms with E-state index in [0.29, 0.717) is 0 Å². The summed E-state index contributed by atoms with van der Waals surface area (Å²) in [6.07, 6.45) is 0.810. The number of hydrogen-bond acceptors (Lipinski definition) is 2. The van der Waals surface area contributed by atoms with Crippen LogP contribution >= 0.6 is 11.8 Å². The van der Waals surface area contributed by atoms with Gasteiger partial charge in [-0.05, 0) is 16.3 Å². The molecular weight excluding hydrogens is 232 g/mol. The van der Waals surface area contributed by atoms with Gasteiger partial charge in [0.2, 0.25) is 0 Å². The van der Waals surface area contributed by atoms with Crippen LogP contribution in [-0.2, 0) is 6.42 Å². The van der Waals surface area contributed by atoms with Gasteiger partial charge in [-0.1, -0.05) is 42.5 Å². The first-order valence-corrected chi connectivity index (χ1v) is 6.12. The van der Waals surface area contributed by atoms with Crippen molar-refractivity contribution in [3.05, 3.63) is 48.0 Å². The normalized spacial score (nSPS) is 15.4. The van der Waals surface area contributed by atoms with Crippen LogP contribution < -0.4 is 0 Å². The van der Waals surface area contributed by atoms with Gasteiger partial charge in [0.05, 0.1) is 13.1 Å². The molecule has 3 heteroatoms. The van der Waals surface area contributed by atoms with Gasteiger partial charge in [0, 0.05) is 18.2 Å². The molecule has 1 heterocycles. The van der Waals surface area contributed by atoms with Crippen LogP contribution in [-0.4, -0.2) is 23.3 Å². The third-order valence-electron chi connectivity index (χ3n) is 3.10. The van der Waals surface area contributed by atoms with Crippen LogP contribution in [0.15, 0.2) is 47.5 Å². The van der Waals surface area contributed by atoms with Crippen LogP contribution in [0.25, 0.3) is 10.8 Å². The number of benzene rings is 2. The summed E-state index contributed by atoms with van der Waals surface area (Å²) < 4.78 is 1.72. The fourth-order valence-electron chi connectivity index (χ4n) is 2.23. The Morgan fingerprint density at radius 1 is 1.12 bits per heavy atom. The second-order valence-corrected chi connectivity index (χ2v) is 4.61. The molecule has 2 aromatic carbocycles. The molecule has 0 atom stereocenters. The SMILES string of the molecule is ClN1CCN=C1Cc1cccc2ccccc12. The Morgan fingerprint density at radius 3 is 2.76 bits per heavy atom. The predicted octanol–water partition coefficient (Wildman–Crippen LogP) is 3.25. The van der Waals surface area contributed by atoms with Crippen molar-refractivity contribution in [3.63, 3.8) is 0 Å². The van der Waals surface area contributed by atoms with Gasteiger partial charge in [-0.3, -0.25) is 9.41 Å². The number of fused-ring (bicyclic) bond motifs is 1. The minimum absolute atomic E-state index is 0.809. The zero-order valence-electron chi connectivity index (χ0n) is 9.44. The molecule has 2 aromatic rings. The number of hydrogen-bond donors (Lipinski definition) is 0. The summed E-state index contributed by atoms with van der Waals surface area (Å²) in [5, 5.41) is 2.55. The molecule has 0 saturated heterocycles. The highest BCUT2D eigenvalue weighted by Gasteiger charge is 2.15. The third-order valence-corrected chi connectivity index (χ3v) is 3.46. The van der Waals surface area contributed by atoms with Gasteiger partial charge in [-0.15, -0.1) is 0 Å². The number of nitrogens with zero attached hydrogens (tertiary/aromatic N) is 2. The van der Waals surface area contributed by atoms with E-state index >= 15 is 0 Å². The lowest BCUT2D eigenvalue weighted by Gasteiger charge is -2.11. The fraction of sp³-hybridized carbons (Fsp3) is 0.214. The molecule has 3 rings (SSSR count). The predicted molar refractivity (Wildman–Crippen MR) is 72.5 cm³/mol. The molecule has 0 bridgehead atoms. The van der Waals surface area contributed by atoms with Gasteiger partial charge in [0.25, 0.3) is 0 Å². The van der Waals surface area contributed by atoms with Crippen LogP contribution in [0.5, 0.6) is 0 Å². The van der Waals surface area contributed by atoms with Gasteiger partial charge in [0.1, 0.15) is 5.84 Å². The number of amidine groups is 1. The fourth-order valence-corrected chi connectivity index (χ4v) is 2.42. The Hall–Kier alpha value is -1.54. The summed E-state index contributed by atoms with van der Waals surface area (Å²) >= 11 is 6.08. The molecule has 0 unspecified atom stereocenters. The second-order valence-electron chi connectivity index (χ2n) is 4.20. The summed E-state index contributed by atoms with van der Waals surface area (Å²) in [7, 11) is 0. The molecule has 1 aliphatic heterocycles. The van der Waals surface area contributed by atoms with Crippen LogP contribution in [0.3, 0.4) is 0 Å². The summed E-state index contributed by atoms with van der Waals surface area (Å²) in [5.41, 5.74) is 1.29. The van der Waals surface area contributed by atoms with Gasteiger partial charge in [-0.2, -0.15) is 0 Å². The average molecular weight is 245 g/mol. The highest BCUT2D eigenvalue weighted by Crippen LogP contribution is 2.20. The van der Waals surface area contributed by atoms with Crippen molar-refractivity contribution in [1.29, 1.82) is 0 Å². The van der Waals surface area contributed by atoms with Gasteiger partial charge in [0.15, 0.2) is 0 Å². The lowest BCUT2D eigenvalue weighted by Crippen LogP contribution is -2.19. The average Bonchev–Trinajstić information content (AvgIpc) is 2.76. The van der Waals surface area contributed by atoms with Crippen molar-refractivity contribution >= 4 is 28.4 Å². The van der Waals surface area contributed by atoms with Crippen LogP contribution in [0.2, 0.25) is 0 Å². The molecule has 0 aliphatic carbocycles. The first kappa shape index (κ1) is 10.6. The Morgan fingerprint density at radius 2 is 1.94 bits per heavy atom. The Kier molecular flexibility index (Phi) is 2.73. The first-order chi connectivity index (χ1) is 8.34. The van der Waals surface area contributed by atoms with Crippen molar-refractivity contribution in [2.75, 3.05) is 13.1 Å². The van der Waals surface area contributed by atoms with Crippen LogP contribution in [0, 0.1) is 0 Å². The third kappa shape index (κ3) is 2.01. The molecule has 2 nitrogen and oxygen atoms in total. The van der Waals surface area contributed by atoms with E-state index in [1.54, 1.807) is 4.42 Å². The Bertz CT molecular complexity index is 572. The van der Waals surface area contributed by atoms with Gasteiger partial charge < -0.3 is 0 Å². The summed E-state index contributed by atoms with van der Waals surface area (Å²) in [6, 6.07) is 14.8. The van der Waals surface area contributed by atoms with Gasteiger partial charge in [-0.25, -0.2) is 0 Å². The standard InChI is InChI=1S/C14H13ClN2/c15-17-9-8-16-14(17)10-12-6-3-5-11-4-1-2-7-13(11)12/h1-7H,8-10H2. The van der Waals surface area contributed by atoms with Crippen molar-refractivity contribution in [3.8, 4) is 0 Å². The molecule has 1 aliphatic rings. The summed E-state index contributed by atoms with van der Waals surface area (Å²) in [6.45, 7) is 1.63. The molecule has 0 aromatic heterocycles. The van der Waals surface area contributed by atoms with Gasteiger partial charge >= 0.3 is 0 Å². The van der Waals surface area contributed by atoms with Crippen molar-refractivity contribution in [1.82, 2.24) is 4.42 Å². The minimum Gasteiger partial charge on any atom is -0.271 e. The highest BCUT2D eigenvalue weighted by molar-refractivity contribution is 6.23. The summed E-state index contributed by atoms with van der Waals surface area (Å²) in [5.74, 6) is 0.975. The van der Waals surface area contributed by atoms with E-state index in [0.717, 1.165) is 25.3 Å². The monoisotopic (exact) mass is 244 g/mol. The Balaban J connectivity index is 2.00. The zero-order valence-corrected chi connectivity index (χ0v) is 10.2. The maximum Gasteiger partial charge on any atom is 0.118 e. The van der Waals surface area contributed by atoms with Crippen LogP contribution in [0.4, 0.5) is 0 Å². The molecule has 0 radical (unpaired) electrons. The van der Waals surface area contributed by atoms with Crippen molar-refractivity contribution in [2.45, 2.75) is 6.42 Å². The maximum absolute atomic E-state index is 6.08. The van der Waals surface area contributed by atoms with E-state index in [2.05, 4.69) is 47.5 Å². The van der Waals surface area contributed by atoms with Crippen molar-refractivity contribution < 1.29 is 0 Å². The zero-order chi connectivity index (χ0) is 11.7. The van der Waals surface area contributed by atoms with E-state index in [-0.39, 0.29) is 0 Å². The highest BCUT2D eigenvalue weighted by atomic mass is 35.5. The van der Waals surface area contributed by atoms with E-state index in [1.807, 2.05) is 0 Å². The number of halogens is 1. The van der Waals surface area contributed by atoms with E-state index in [1.165, 1.54) is 16.3 Å². The molecule has 0 N–H and O–H groups in total. The molecule has 0 saturated carbocycles. The lowest BCUT2D eigenvalue weighted by molar-refractivity contribution is 0.708. The lowest BCUT2D eigenvalue weighted by atomic mass is 10.0. The van der Waals surface area contributed by atoms with E-state index in [9.17, 15) is 0 Å². The first-order valence-electron chi connectivity index (χ1n) is 5.78. The summed E-state index contributed by atoms with van der Waals surface area (Å²) in [4.78, 5) is 4.43. The number of aliphatic imine (C=N–C) groups is 1. The smallest absolute Gasteiger partial charge is 0.118 e. The van der Waals surface area contributed by atoms with Crippen molar-refractivity contribution in [2.24, 2.45) is 4.99 Å². The quantitative estimate of drug-likeness (QED) is 0.741. The van der Waals surface area contributed by atoms with Crippen LogP contribution in [0.1, 0.15) is 5.56 Å². The molecule has 0 spiro atoms. The topological polar surface area (TPSA) is 15.6 Å². The molecule has 86 valence electrons. The second kappa shape index (κ2) is 4.38. The molecular formula is C14H13ClN2. The minimum atomic E-state index is 0.809. The molecule has 0 amide bonds. The molecule has 0 fully saturated rings. The number of rotatable bonds is 2.